The van der Waals surface area contributed by atoms with Crippen LogP contribution < -0.4 is 0 Å². The van der Waals surface area contributed by atoms with Crippen molar-refractivity contribution in [2.75, 3.05) is 47.9 Å². The van der Waals surface area contributed by atoms with E-state index in [0.717, 1.165) is 4.48 Å². The Hall–Kier alpha value is -0.0800. The van der Waals surface area contributed by atoms with Crippen molar-refractivity contribution in [3.63, 3.8) is 0 Å². The smallest absolute Gasteiger partial charge is 0.206 e. The van der Waals surface area contributed by atoms with Gasteiger partial charge in [-0.3, -0.25) is 8.97 Å². The van der Waals surface area contributed by atoms with Crippen molar-refractivity contribution in [3.05, 3.63) is 0 Å². The van der Waals surface area contributed by atoms with Crippen molar-refractivity contribution in [2.45, 2.75) is 51.0 Å². The van der Waals surface area contributed by atoms with Crippen molar-refractivity contribution in [1.82, 2.24) is 0 Å². The normalized spacial score (nSPS) is 9.38. The van der Waals surface area contributed by atoms with Gasteiger partial charge >= 0.3 is 0 Å². The molecule has 0 aliphatic carbocycles. The van der Waals surface area contributed by atoms with Crippen LogP contribution in [0.5, 0.6) is 0 Å². The Morgan fingerprint density at radius 3 is 0.938 bits per heavy atom. The maximum atomic E-state index is 2.32. The molecule has 0 unspecified atom stereocenters. The summed E-state index contributed by atoms with van der Waals surface area (Å²) in [5.41, 5.74) is 0. The maximum absolute atomic E-state index is 2.32. The highest BCUT2D eigenvalue weighted by Gasteiger charge is 2.24. The largest absolute Gasteiger partial charge is 0.284 e. The predicted molar refractivity (Wildman–Crippen MR) is 83.8 cm³/mol. The molecule has 108 valence electrons. The molecular formula is C14H44N2+2. The van der Waals surface area contributed by atoms with E-state index >= 15 is 0 Å². The summed E-state index contributed by atoms with van der Waals surface area (Å²) in [7, 11) is 9.08. The van der Waals surface area contributed by atoms with E-state index in [9.17, 15) is 0 Å². The molecule has 0 aliphatic rings. The first kappa shape index (κ1) is 36.0. The Labute approximate surface area is 108 Å². The molecule has 0 aliphatic heterocycles. The minimum atomic E-state index is 0. The van der Waals surface area contributed by atoms with Gasteiger partial charge in [0, 0.05) is 0 Å². The van der Waals surface area contributed by atoms with Gasteiger partial charge < -0.3 is 0 Å². The number of nitrogens with zero attached hydrogens (tertiary/aromatic N) is 2. The van der Waals surface area contributed by atoms with Gasteiger partial charge in [0.1, 0.15) is 0 Å². The molecule has 0 fully saturated rings. The Kier molecular flexibility index (Phi) is 29.2. The third kappa shape index (κ3) is 16.4. The molecule has 0 saturated heterocycles. The second-order valence-corrected chi connectivity index (χ2v) is 4.68. The van der Waals surface area contributed by atoms with Crippen LogP contribution in [-0.4, -0.2) is 56.9 Å². The lowest BCUT2D eigenvalue weighted by molar-refractivity contribution is -1.07. The quantitative estimate of drug-likeness (QED) is 0.507. The molecule has 0 bridgehead atoms. The van der Waals surface area contributed by atoms with Crippen molar-refractivity contribution in [1.29, 1.82) is 0 Å². The van der Waals surface area contributed by atoms with E-state index in [1.165, 1.54) is 24.2 Å². The van der Waals surface area contributed by atoms with Gasteiger partial charge in [0.15, 0.2) is 0 Å². The summed E-state index contributed by atoms with van der Waals surface area (Å²) in [4.78, 5) is 0. The third-order valence-corrected chi connectivity index (χ3v) is 2.29. The molecule has 0 atom stereocenters. The lowest BCUT2D eigenvalue weighted by Gasteiger charge is -2.37. The van der Waals surface area contributed by atoms with E-state index in [1.54, 1.807) is 0 Å². The molecule has 2 nitrogen and oxygen atoms in total. The van der Waals surface area contributed by atoms with Gasteiger partial charge in [0.05, 0.1) is 41.3 Å². The molecule has 0 spiro atoms. The van der Waals surface area contributed by atoms with Crippen LogP contribution in [0.3, 0.4) is 0 Å². The molecule has 0 heterocycles. The summed E-state index contributed by atoms with van der Waals surface area (Å²) < 4.78 is 2.22. The summed E-state index contributed by atoms with van der Waals surface area (Å²) in [5, 5.41) is 0. The van der Waals surface area contributed by atoms with Crippen LogP contribution in [0.25, 0.3) is 0 Å². The topological polar surface area (TPSA) is 0 Å². The minimum absolute atomic E-state index is 0. The Balaban J connectivity index is -0.0000000500. The Morgan fingerprint density at radius 2 is 0.875 bits per heavy atom. The zero-order valence-corrected chi connectivity index (χ0v) is 9.02. The van der Waals surface area contributed by atoms with E-state index in [2.05, 4.69) is 42.0 Å². The molecule has 0 aromatic heterocycles. The molecule has 16 heavy (non-hydrogen) atoms. The van der Waals surface area contributed by atoms with Gasteiger partial charge in [-0.25, -0.2) is 0 Å². The van der Waals surface area contributed by atoms with Gasteiger partial charge in [-0.2, -0.15) is 0 Å². The van der Waals surface area contributed by atoms with Crippen molar-refractivity contribution >= 4 is 0 Å². The summed E-state index contributed by atoms with van der Waals surface area (Å²) in [6, 6.07) is 0. The maximum Gasteiger partial charge on any atom is 0.206 e. The first-order valence-electron chi connectivity index (χ1n) is 4.47. The number of hydrogen-bond acceptors (Lipinski definition) is 0. The SMILES string of the molecule is C.C.C.C.C.CC[N+](C)(CC)C[N+](C)(C)C. The van der Waals surface area contributed by atoms with Gasteiger partial charge in [-0.05, 0) is 13.8 Å². The van der Waals surface area contributed by atoms with E-state index in [4.69, 9.17) is 0 Å². The average molecular weight is 241 g/mol. The number of quaternary nitrogens is 2. The van der Waals surface area contributed by atoms with Crippen LogP contribution in [0.4, 0.5) is 0 Å². The summed E-state index contributed by atoms with van der Waals surface area (Å²) >= 11 is 0. The lowest BCUT2D eigenvalue weighted by Crippen LogP contribution is -2.55. The number of rotatable bonds is 4. The molecule has 0 aromatic carbocycles. The van der Waals surface area contributed by atoms with Crippen LogP contribution in [0.2, 0.25) is 0 Å². The molecule has 0 radical (unpaired) electrons. The predicted octanol–water partition coefficient (Wildman–Crippen LogP) is 4.32. The highest BCUT2D eigenvalue weighted by molar-refractivity contribution is 4.23. The molecule has 0 saturated carbocycles. The fourth-order valence-corrected chi connectivity index (χ4v) is 1.45. The van der Waals surface area contributed by atoms with Crippen LogP contribution in [0, 0.1) is 0 Å². The molecule has 2 heteroatoms. The first-order valence-corrected chi connectivity index (χ1v) is 4.47. The monoisotopic (exact) mass is 240 g/mol. The van der Waals surface area contributed by atoms with Crippen LogP contribution in [0.1, 0.15) is 51.0 Å². The van der Waals surface area contributed by atoms with Gasteiger partial charge in [-0.1, -0.05) is 37.1 Å². The van der Waals surface area contributed by atoms with Crippen LogP contribution in [-0.2, 0) is 0 Å². The second kappa shape index (κ2) is 13.0. The lowest BCUT2D eigenvalue weighted by atomic mass is 10.4. The average Bonchev–Trinajstić information content (AvgIpc) is 1.84. The van der Waals surface area contributed by atoms with Crippen molar-refractivity contribution in [2.24, 2.45) is 0 Å². The molecular weight excluding hydrogens is 196 g/mol. The zero-order chi connectivity index (χ0) is 9.12. The highest BCUT2D eigenvalue weighted by Crippen LogP contribution is 2.05. The van der Waals surface area contributed by atoms with Crippen molar-refractivity contribution < 1.29 is 8.97 Å². The second-order valence-electron chi connectivity index (χ2n) is 4.68. The van der Waals surface area contributed by atoms with Crippen LogP contribution in [0.15, 0.2) is 0 Å². The zero-order valence-electron chi connectivity index (χ0n) is 9.02. The standard InChI is InChI=1S/C9H24N2.5CH4/c1-7-11(6,8-2)9-10(3,4)5;;;;;/h7-9H2,1-6H3;5*1H4/q+2;;;;;. The summed E-state index contributed by atoms with van der Waals surface area (Å²) in [6.45, 7) is 8.20. The Morgan fingerprint density at radius 1 is 0.625 bits per heavy atom. The Bertz CT molecular complexity index is 110. The van der Waals surface area contributed by atoms with Crippen LogP contribution >= 0.6 is 0 Å². The molecule has 0 N–H and O–H groups in total. The third-order valence-electron chi connectivity index (χ3n) is 2.29. The summed E-state index contributed by atoms with van der Waals surface area (Å²) in [5.74, 6) is 0. The fourth-order valence-electron chi connectivity index (χ4n) is 1.45. The molecule has 0 aromatic rings. The number of hydrogen-bond donors (Lipinski definition) is 0. The van der Waals surface area contributed by atoms with Gasteiger partial charge in [0.2, 0.25) is 6.67 Å². The summed E-state index contributed by atoms with van der Waals surface area (Å²) in [6.07, 6.45) is 0. The van der Waals surface area contributed by atoms with Gasteiger partial charge in [-0.15, -0.1) is 0 Å². The first-order chi connectivity index (χ1) is 4.83. The van der Waals surface area contributed by atoms with E-state index in [0.29, 0.717) is 0 Å². The van der Waals surface area contributed by atoms with Crippen molar-refractivity contribution in [3.8, 4) is 0 Å². The fraction of sp³-hybridized carbons (Fsp3) is 1.00. The highest BCUT2D eigenvalue weighted by atomic mass is 15.5. The molecule has 0 rings (SSSR count). The van der Waals surface area contributed by atoms with E-state index < -0.39 is 0 Å². The van der Waals surface area contributed by atoms with E-state index in [-0.39, 0.29) is 37.1 Å². The minimum Gasteiger partial charge on any atom is -0.284 e. The van der Waals surface area contributed by atoms with E-state index in [1.807, 2.05) is 0 Å². The molecule has 0 amide bonds. The van der Waals surface area contributed by atoms with Gasteiger partial charge in [0.25, 0.3) is 0 Å².